The van der Waals surface area contributed by atoms with Crippen molar-refractivity contribution in [3.05, 3.63) is 35.9 Å². The Bertz CT molecular complexity index is 484. The van der Waals surface area contributed by atoms with Gasteiger partial charge in [0, 0.05) is 32.2 Å². The third kappa shape index (κ3) is 6.22. The number of carbonyl (C=O) groups excluding carboxylic acids is 1. The molecule has 1 aromatic carbocycles. The Balaban J connectivity index is 0.00000144. The van der Waals surface area contributed by atoms with Crippen LogP contribution in [0.4, 0.5) is 0 Å². The fourth-order valence-electron chi connectivity index (χ4n) is 3.11. The molecule has 3 rings (SSSR count). The summed E-state index contributed by atoms with van der Waals surface area (Å²) in [5.41, 5.74) is 1.28. The van der Waals surface area contributed by atoms with Gasteiger partial charge in [-0.2, -0.15) is 0 Å². The molecule has 0 spiro atoms. The van der Waals surface area contributed by atoms with Gasteiger partial charge in [0.25, 0.3) is 5.91 Å². The lowest BCUT2D eigenvalue weighted by molar-refractivity contribution is -0.138. The van der Waals surface area contributed by atoms with E-state index in [1.807, 2.05) is 6.07 Å². The number of morpholine rings is 1. The van der Waals surface area contributed by atoms with Crippen LogP contribution in [0.25, 0.3) is 0 Å². The molecule has 1 amide bonds. The molecule has 0 aliphatic carbocycles. The summed E-state index contributed by atoms with van der Waals surface area (Å²) in [6, 6.07) is 10.8. The van der Waals surface area contributed by atoms with Gasteiger partial charge in [-0.3, -0.25) is 9.69 Å². The summed E-state index contributed by atoms with van der Waals surface area (Å²) in [5, 5.41) is 6.42. The maximum absolute atomic E-state index is 12.3. The maximum Gasteiger partial charge on any atom is 0.250 e. The largest absolute Gasteiger partial charge is 0.366 e. The fraction of sp³-hybridized carbons (Fsp3) is 0.588. The smallest absolute Gasteiger partial charge is 0.250 e. The quantitative estimate of drug-likeness (QED) is 0.820. The Labute approximate surface area is 156 Å². The van der Waals surface area contributed by atoms with E-state index in [1.54, 1.807) is 0 Å². The summed E-state index contributed by atoms with van der Waals surface area (Å²) >= 11 is 0. The monoisotopic (exact) mass is 375 g/mol. The lowest BCUT2D eigenvalue weighted by atomic mass is 10.1. The zero-order valence-corrected chi connectivity index (χ0v) is 15.4. The number of hydrogen-bond acceptors (Lipinski definition) is 4. The average molecular weight is 376 g/mol. The molecule has 2 N–H and O–H groups in total. The van der Waals surface area contributed by atoms with Gasteiger partial charge in [-0.25, -0.2) is 0 Å². The minimum absolute atomic E-state index is 0. The second-order valence-electron chi connectivity index (χ2n) is 6.12. The Morgan fingerprint density at radius 2 is 2.08 bits per heavy atom. The van der Waals surface area contributed by atoms with Crippen molar-refractivity contribution in [2.45, 2.75) is 31.5 Å². The molecule has 24 heavy (non-hydrogen) atoms. The molecule has 1 aromatic rings. The molecule has 2 aliphatic heterocycles. The number of amides is 1. The van der Waals surface area contributed by atoms with E-state index in [-0.39, 0.29) is 36.8 Å². The maximum atomic E-state index is 12.3. The van der Waals surface area contributed by atoms with Crippen LogP contribution in [0.3, 0.4) is 0 Å². The molecule has 0 radical (unpaired) electrons. The summed E-state index contributed by atoms with van der Waals surface area (Å²) in [6.45, 7) is 4.80. The SMILES string of the molecule is Cl.Cl.O=C(NCC1CCCN1)C1CN(Cc2ccccc2)CCO1. The summed E-state index contributed by atoms with van der Waals surface area (Å²) in [5.74, 6) is 0.0199. The predicted molar refractivity (Wildman–Crippen MR) is 100.0 cm³/mol. The second-order valence-corrected chi connectivity index (χ2v) is 6.12. The van der Waals surface area contributed by atoms with Crippen LogP contribution in [-0.4, -0.2) is 55.7 Å². The summed E-state index contributed by atoms with van der Waals surface area (Å²) < 4.78 is 5.65. The number of carbonyl (C=O) groups is 1. The van der Waals surface area contributed by atoms with E-state index in [4.69, 9.17) is 4.74 Å². The van der Waals surface area contributed by atoms with Crippen molar-refractivity contribution in [2.75, 3.05) is 32.8 Å². The average Bonchev–Trinajstić information content (AvgIpc) is 3.07. The van der Waals surface area contributed by atoms with E-state index >= 15 is 0 Å². The van der Waals surface area contributed by atoms with Gasteiger partial charge in [0.2, 0.25) is 0 Å². The van der Waals surface area contributed by atoms with Gasteiger partial charge in [-0.15, -0.1) is 24.8 Å². The number of benzene rings is 1. The summed E-state index contributed by atoms with van der Waals surface area (Å²) in [6.07, 6.45) is 2.00. The molecule has 2 saturated heterocycles. The van der Waals surface area contributed by atoms with E-state index in [0.29, 0.717) is 25.7 Å². The number of nitrogens with zero attached hydrogens (tertiary/aromatic N) is 1. The van der Waals surface area contributed by atoms with Crippen LogP contribution in [0.15, 0.2) is 30.3 Å². The van der Waals surface area contributed by atoms with Crippen molar-refractivity contribution in [3.63, 3.8) is 0 Å². The lowest BCUT2D eigenvalue weighted by Crippen LogP contribution is -2.51. The van der Waals surface area contributed by atoms with Crippen LogP contribution < -0.4 is 10.6 Å². The first-order chi connectivity index (χ1) is 10.8. The fourth-order valence-corrected chi connectivity index (χ4v) is 3.11. The highest BCUT2D eigenvalue weighted by molar-refractivity contribution is 5.85. The van der Waals surface area contributed by atoms with Crippen molar-refractivity contribution in [1.29, 1.82) is 0 Å². The van der Waals surface area contributed by atoms with Crippen molar-refractivity contribution in [3.8, 4) is 0 Å². The molecule has 2 unspecified atom stereocenters. The molecule has 2 atom stereocenters. The van der Waals surface area contributed by atoms with Crippen LogP contribution in [0.1, 0.15) is 18.4 Å². The molecule has 0 aromatic heterocycles. The minimum Gasteiger partial charge on any atom is -0.366 e. The van der Waals surface area contributed by atoms with Gasteiger partial charge >= 0.3 is 0 Å². The Morgan fingerprint density at radius 3 is 2.79 bits per heavy atom. The van der Waals surface area contributed by atoms with Gasteiger partial charge in [0.05, 0.1) is 6.61 Å². The number of nitrogens with one attached hydrogen (secondary N) is 2. The summed E-state index contributed by atoms with van der Waals surface area (Å²) in [7, 11) is 0. The Morgan fingerprint density at radius 1 is 1.29 bits per heavy atom. The third-order valence-corrected chi connectivity index (χ3v) is 4.38. The van der Waals surface area contributed by atoms with Crippen LogP contribution in [0, 0.1) is 0 Å². The molecule has 0 bridgehead atoms. The Hall–Kier alpha value is -0.850. The number of rotatable bonds is 5. The molecule has 7 heteroatoms. The first kappa shape index (κ1) is 21.2. The molecule has 2 heterocycles. The van der Waals surface area contributed by atoms with Gasteiger partial charge in [0.15, 0.2) is 0 Å². The molecule has 2 fully saturated rings. The third-order valence-electron chi connectivity index (χ3n) is 4.38. The number of ether oxygens (including phenoxy) is 1. The van der Waals surface area contributed by atoms with E-state index in [9.17, 15) is 4.79 Å². The van der Waals surface area contributed by atoms with E-state index < -0.39 is 0 Å². The minimum atomic E-state index is -0.348. The van der Waals surface area contributed by atoms with Crippen LogP contribution in [0.5, 0.6) is 0 Å². The number of halogens is 2. The van der Waals surface area contributed by atoms with E-state index in [1.165, 1.54) is 12.0 Å². The second kappa shape index (κ2) is 10.9. The highest BCUT2D eigenvalue weighted by Gasteiger charge is 2.27. The lowest BCUT2D eigenvalue weighted by Gasteiger charge is -2.32. The molecule has 0 saturated carbocycles. The molecule has 136 valence electrons. The highest BCUT2D eigenvalue weighted by atomic mass is 35.5. The van der Waals surface area contributed by atoms with Crippen molar-refractivity contribution in [1.82, 2.24) is 15.5 Å². The van der Waals surface area contributed by atoms with E-state index in [0.717, 1.165) is 26.1 Å². The predicted octanol–water partition coefficient (Wildman–Crippen LogP) is 1.60. The van der Waals surface area contributed by atoms with Crippen molar-refractivity contribution >= 4 is 30.7 Å². The standard InChI is InChI=1S/C17H25N3O2.2ClH/c21-17(19-11-15-7-4-8-18-15)16-13-20(9-10-22-16)12-14-5-2-1-3-6-14;;/h1-3,5-6,15-16,18H,4,7-13H2,(H,19,21);2*1H. The van der Waals surface area contributed by atoms with Gasteiger partial charge in [-0.1, -0.05) is 30.3 Å². The van der Waals surface area contributed by atoms with Gasteiger partial charge in [0.1, 0.15) is 6.10 Å². The normalized spacial score (nSPS) is 23.8. The molecule has 2 aliphatic rings. The van der Waals surface area contributed by atoms with E-state index in [2.05, 4.69) is 39.8 Å². The molecule has 5 nitrogen and oxygen atoms in total. The number of hydrogen-bond donors (Lipinski definition) is 2. The Kier molecular flexibility index (Phi) is 9.63. The zero-order valence-electron chi connectivity index (χ0n) is 13.8. The van der Waals surface area contributed by atoms with Crippen LogP contribution in [-0.2, 0) is 16.1 Å². The topological polar surface area (TPSA) is 53.6 Å². The zero-order chi connectivity index (χ0) is 15.2. The van der Waals surface area contributed by atoms with Crippen molar-refractivity contribution < 1.29 is 9.53 Å². The first-order valence-electron chi connectivity index (χ1n) is 8.20. The van der Waals surface area contributed by atoms with Crippen LogP contribution in [0.2, 0.25) is 0 Å². The molecular formula is C17H27Cl2N3O2. The van der Waals surface area contributed by atoms with Gasteiger partial charge < -0.3 is 15.4 Å². The summed E-state index contributed by atoms with van der Waals surface area (Å²) in [4.78, 5) is 14.6. The molecular weight excluding hydrogens is 349 g/mol. The first-order valence-corrected chi connectivity index (χ1v) is 8.20. The van der Waals surface area contributed by atoms with Crippen LogP contribution >= 0.6 is 24.8 Å². The van der Waals surface area contributed by atoms with Crippen molar-refractivity contribution in [2.24, 2.45) is 0 Å². The van der Waals surface area contributed by atoms with Gasteiger partial charge in [-0.05, 0) is 24.9 Å². The highest BCUT2D eigenvalue weighted by Crippen LogP contribution is 2.11.